The highest BCUT2D eigenvalue weighted by Crippen LogP contribution is 2.12. The van der Waals surface area contributed by atoms with Crippen LogP contribution in [0.2, 0.25) is 0 Å². The third kappa shape index (κ3) is 63.0. The van der Waals surface area contributed by atoms with Crippen LogP contribution in [0.3, 0.4) is 0 Å². The summed E-state index contributed by atoms with van der Waals surface area (Å²) in [5.74, 6) is -1.07. The zero-order valence-electron chi connectivity index (χ0n) is 50.0. The van der Waals surface area contributed by atoms with Gasteiger partial charge in [-0.2, -0.15) is 0 Å². The van der Waals surface area contributed by atoms with Crippen molar-refractivity contribution in [2.24, 2.45) is 0 Å². The molecule has 0 radical (unpaired) electrons. The Morgan fingerprint density at radius 1 is 0.253 bits per heavy atom. The number of rotatable bonds is 53. The number of hydrogen-bond donors (Lipinski definition) is 0. The normalized spacial score (nSPS) is 13.5. The van der Waals surface area contributed by atoms with Crippen LogP contribution in [0.5, 0.6) is 0 Å². The first-order valence-corrected chi connectivity index (χ1v) is 30.9. The van der Waals surface area contributed by atoms with Gasteiger partial charge in [-0.15, -0.1) is 0 Å². The highest BCUT2D eigenvalue weighted by molar-refractivity contribution is 5.71. The summed E-state index contributed by atoms with van der Waals surface area (Å²) in [5, 5.41) is 0. The molecule has 0 bridgehead atoms. The monoisotopic (exact) mass is 1080 g/mol. The minimum absolute atomic E-state index is 0.134. The second-order valence-electron chi connectivity index (χ2n) is 19.5. The Balaban J connectivity index is 4.49. The summed E-state index contributed by atoms with van der Waals surface area (Å²) in [5.41, 5.74) is 0. The van der Waals surface area contributed by atoms with Gasteiger partial charge in [0.1, 0.15) is 13.2 Å². The predicted molar refractivity (Wildman–Crippen MR) is 343 cm³/mol. The van der Waals surface area contributed by atoms with E-state index in [1.54, 1.807) is 0 Å². The number of hydrogen-bond acceptors (Lipinski definition) is 6. The summed E-state index contributed by atoms with van der Waals surface area (Å²) in [6.07, 6.45) is 98.8. The van der Waals surface area contributed by atoms with Crippen LogP contribution >= 0.6 is 0 Å². The van der Waals surface area contributed by atoms with Gasteiger partial charge >= 0.3 is 17.9 Å². The largest absolute Gasteiger partial charge is 0.462 e. The molecule has 0 rings (SSSR count). The highest BCUT2D eigenvalue weighted by atomic mass is 16.6. The summed E-state index contributed by atoms with van der Waals surface area (Å²) >= 11 is 0. The zero-order chi connectivity index (χ0) is 57.1. The van der Waals surface area contributed by atoms with Gasteiger partial charge in [0.2, 0.25) is 0 Å². The second kappa shape index (κ2) is 64.8. The van der Waals surface area contributed by atoms with Crippen molar-refractivity contribution in [3.05, 3.63) is 194 Å². The molecule has 0 aromatic carbocycles. The van der Waals surface area contributed by atoms with Crippen LogP contribution < -0.4 is 0 Å². The van der Waals surface area contributed by atoms with Gasteiger partial charge in [-0.1, -0.05) is 254 Å². The molecule has 0 aliphatic rings. The smallest absolute Gasteiger partial charge is 0.306 e. The van der Waals surface area contributed by atoms with Crippen molar-refractivity contribution in [2.75, 3.05) is 13.2 Å². The van der Waals surface area contributed by atoms with E-state index in [1.807, 2.05) is 12.2 Å². The number of carbonyl (C=O) groups excluding carboxylic acids is 3. The van der Waals surface area contributed by atoms with Gasteiger partial charge in [-0.05, 0) is 148 Å². The topological polar surface area (TPSA) is 78.9 Å². The molecule has 0 amide bonds. The van der Waals surface area contributed by atoms with E-state index < -0.39 is 12.1 Å². The average Bonchev–Trinajstić information content (AvgIpc) is 3.45. The van der Waals surface area contributed by atoms with E-state index in [0.29, 0.717) is 19.3 Å². The second-order valence-corrected chi connectivity index (χ2v) is 19.5. The van der Waals surface area contributed by atoms with E-state index in [-0.39, 0.29) is 31.6 Å². The van der Waals surface area contributed by atoms with Crippen LogP contribution in [0.15, 0.2) is 194 Å². The molecular weight excluding hydrogens is 973 g/mol. The lowest BCUT2D eigenvalue weighted by Gasteiger charge is -2.18. The first kappa shape index (κ1) is 73.2. The van der Waals surface area contributed by atoms with Crippen molar-refractivity contribution in [1.29, 1.82) is 0 Å². The van der Waals surface area contributed by atoms with E-state index in [4.69, 9.17) is 14.2 Å². The summed E-state index contributed by atoms with van der Waals surface area (Å²) in [4.78, 5) is 38.2. The highest BCUT2D eigenvalue weighted by Gasteiger charge is 2.19. The summed E-state index contributed by atoms with van der Waals surface area (Å²) < 4.78 is 16.8. The van der Waals surface area contributed by atoms with Crippen molar-refractivity contribution in [2.45, 2.75) is 232 Å². The maximum absolute atomic E-state index is 12.9. The van der Waals surface area contributed by atoms with E-state index in [2.05, 4.69) is 203 Å². The van der Waals surface area contributed by atoms with E-state index in [0.717, 1.165) is 161 Å². The molecule has 0 aromatic rings. The molecule has 0 aliphatic heterocycles. The van der Waals surface area contributed by atoms with Crippen molar-refractivity contribution < 1.29 is 28.6 Å². The lowest BCUT2D eigenvalue weighted by atomic mass is 10.1. The molecule has 0 heterocycles. The molecule has 6 nitrogen and oxygen atoms in total. The summed E-state index contributed by atoms with van der Waals surface area (Å²) in [6.45, 7) is 6.18. The van der Waals surface area contributed by atoms with Crippen LogP contribution in [-0.2, 0) is 28.6 Å². The van der Waals surface area contributed by atoms with Gasteiger partial charge in [0.25, 0.3) is 0 Å². The lowest BCUT2D eigenvalue weighted by molar-refractivity contribution is -0.166. The van der Waals surface area contributed by atoms with Gasteiger partial charge in [0, 0.05) is 19.3 Å². The Kier molecular flexibility index (Phi) is 60.1. The standard InChI is InChI=1S/C73H110O6/c1-4-7-10-13-16-19-22-25-27-29-31-32-33-34-35-36-37-38-39-40-42-43-45-48-51-54-57-60-63-66-72(75)78-69-70(68-77-71(74)65-62-59-56-53-50-47-24-21-18-15-12-9-6-3)79-73(76)67-64-61-58-55-52-49-46-44-41-30-28-26-23-20-17-14-11-8-5-2/h7-12,16-21,25-28,31-32,34-35,37-38,40-42,44,47,49-50,52,58,61,70H,4-6,13-15,22-24,29-30,33,36,39,43,45-46,48,51,53-57,59-60,62-69H2,1-3H3/b10-7-,11-8-,12-9-,19-16-,20-17-,21-18-,27-25-,28-26-,32-31-,35-34-,38-37-,42-40-,44-41-,50-47-,52-49-,61-58-. The van der Waals surface area contributed by atoms with Crippen molar-refractivity contribution in [3.8, 4) is 0 Å². The molecule has 438 valence electrons. The third-order valence-electron chi connectivity index (χ3n) is 12.1. The van der Waals surface area contributed by atoms with E-state index >= 15 is 0 Å². The van der Waals surface area contributed by atoms with E-state index in [9.17, 15) is 14.4 Å². The molecule has 0 N–H and O–H groups in total. The fourth-order valence-electron chi connectivity index (χ4n) is 7.58. The maximum atomic E-state index is 12.9. The van der Waals surface area contributed by atoms with Crippen LogP contribution in [0.1, 0.15) is 226 Å². The molecule has 0 aliphatic carbocycles. The SMILES string of the molecule is CC/C=C\C/C=C\C/C=C\C/C=C\C/C=C\C/C=C\C/C=C\CCCCCCCCCC(=O)OCC(COC(=O)CCCCC/C=C\C/C=C\C/C=C\CC)OC(=O)CC/C=C\C/C=C\C/C=C\C/C=C\C/C=C\C/C=C\CC. The number of ether oxygens (including phenoxy) is 3. The predicted octanol–water partition coefficient (Wildman–Crippen LogP) is 21.4. The van der Waals surface area contributed by atoms with Crippen molar-refractivity contribution in [3.63, 3.8) is 0 Å². The molecule has 0 spiro atoms. The van der Waals surface area contributed by atoms with Crippen LogP contribution in [0.4, 0.5) is 0 Å². The number of carbonyl (C=O) groups is 3. The number of allylic oxidation sites excluding steroid dienone is 32. The van der Waals surface area contributed by atoms with Crippen molar-refractivity contribution in [1.82, 2.24) is 0 Å². The fraction of sp³-hybridized carbons (Fsp3) is 0.521. The summed E-state index contributed by atoms with van der Waals surface area (Å²) in [6, 6.07) is 0. The van der Waals surface area contributed by atoms with Gasteiger partial charge in [0.05, 0.1) is 0 Å². The Bertz CT molecular complexity index is 1920. The Hall–Kier alpha value is -5.75. The van der Waals surface area contributed by atoms with Gasteiger partial charge in [0.15, 0.2) is 6.10 Å². The molecule has 0 fully saturated rings. The first-order valence-electron chi connectivity index (χ1n) is 30.9. The fourth-order valence-corrected chi connectivity index (χ4v) is 7.58. The maximum Gasteiger partial charge on any atom is 0.306 e. The Morgan fingerprint density at radius 2 is 0.481 bits per heavy atom. The minimum Gasteiger partial charge on any atom is -0.462 e. The van der Waals surface area contributed by atoms with Crippen LogP contribution in [-0.4, -0.2) is 37.2 Å². The Morgan fingerprint density at radius 3 is 0.772 bits per heavy atom. The molecule has 0 saturated heterocycles. The molecule has 0 saturated carbocycles. The average molecular weight is 1080 g/mol. The Labute approximate surface area is 484 Å². The first-order chi connectivity index (χ1) is 39.0. The molecule has 1 unspecified atom stereocenters. The van der Waals surface area contributed by atoms with Crippen LogP contribution in [0.25, 0.3) is 0 Å². The summed E-state index contributed by atoms with van der Waals surface area (Å²) in [7, 11) is 0. The number of esters is 3. The van der Waals surface area contributed by atoms with Gasteiger partial charge in [-0.25, -0.2) is 0 Å². The number of unbranched alkanes of at least 4 members (excludes halogenated alkanes) is 10. The molecule has 0 aromatic heterocycles. The van der Waals surface area contributed by atoms with Gasteiger partial charge < -0.3 is 14.2 Å². The zero-order valence-corrected chi connectivity index (χ0v) is 50.0. The molecule has 79 heavy (non-hydrogen) atoms. The van der Waals surface area contributed by atoms with Crippen LogP contribution in [0, 0.1) is 0 Å². The molecule has 1 atom stereocenters. The van der Waals surface area contributed by atoms with Crippen molar-refractivity contribution >= 4 is 17.9 Å². The van der Waals surface area contributed by atoms with Gasteiger partial charge in [-0.3, -0.25) is 14.4 Å². The minimum atomic E-state index is -0.848. The quantitative estimate of drug-likeness (QED) is 0.0261. The third-order valence-corrected chi connectivity index (χ3v) is 12.1. The lowest BCUT2D eigenvalue weighted by Crippen LogP contribution is -2.30. The molecule has 6 heteroatoms. The van der Waals surface area contributed by atoms with E-state index in [1.165, 1.54) is 19.3 Å². The molecular formula is C73H110O6.